The summed E-state index contributed by atoms with van der Waals surface area (Å²) >= 11 is 25.8. The first-order valence-electron chi connectivity index (χ1n) is 10.2. The first kappa shape index (κ1) is 26.2. The Bertz CT molecular complexity index is 1400. The summed E-state index contributed by atoms with van der Waals surface area (Å²) in [5.41, 5.74) is 4.44. The molecule has 4 rings (SSSR count). The molecule has 0 atom stereocenters. The molecule has 0 unspecified atom stereocenters. The lowest BCUT2D eigenvalue weighted by Crippen LogP contribution is -2.20. The predicted molar refractivity (Wildman–Crippen MR) is 143 cm³/mol. The van der Waals surface area contributed by atoms with Crippen LogP contribution >= 0.6 is 58.2 Å². The van der Waals surface area contributed by atoms with E-state index in [1.165, 1.54) is 18.0 Å². The van der Waals surface area contributed by atoms with E-state index in [1.54, 1.807) is 35.0 Å². The number of benzene rings is 3. The van der Waals surface area contributed by atoms with Gasteiger partial charge in [0.15, 0.2) is 0 Å². The van der Waals surface area contributed by atoms with Crippen molar-refractivity contribution in [1.82, 2.24) is 25.6 Å². The van der Waals surface area contributed by atoms with Crippen LogP contribution in [0.15, 0.2) is 70.9 Å². The number of hydrogen-bond acceptors (Lipinski definition) is 7. The molecule has 8 nitrogen and oxygen atoms in total. The maximum absolute atomic E-state index is 12.3. The van der Waals surface area contributed by atoms with Gasteiger partial charge in [-0.15, -0.1) is 5.10 Å². The summed E-state index contributed by atoms with van der Waals surface area (Å²) in [6, 6.07) is 17.6. The molecule has 0 fully saturated rings. The number of halogens is 4. The molecule has 0 spiro atoms. The molecule has 4 aromatic rings. The second kappa shape index (κ2) is 12.4. The van der Waals surface area contributed by atoms with Crippen molar-refractivity contribution >= 4 is 70.3 Å². The molecule has 0 saturated carbocycles. The fourth-order valence-corrected chi connectivity index (χ4v) is 4.66. The van der Waals surface area contributed by atoms with Gasteiger partial charge in [-0.05, 0) is 46.8 Å². The lowest BCUT2D eigenvalue weighted by molar-refractivity contribution is -0.118. The van der Waals surface area contributed by atoms with Crippen molar-refractivity contribution in [2.24, 2.45) is 5.10 Å². The smallest absolute Gasteiger partial charge is 0.250 e. The quantitative estimate of drug-likeness (QED) is 0.146. The van der Waals surface area contributed by atoms with Crippen molar-refractivity contribution in [3.63, 3.8) is 0 Å². The molecule has 0 saturated heterocycles. The summed E-state index contributed by atoms with van der Waals surface area (Å²) < 4.78 is 7.44. The highest BCUT2D eigenvalue weighted by Gasteiger charge is 2.13. The molecule has 0 aliphatic rings. The second-order valence-corrected chi connectivity index (χ2v) is 9.75. The first-order chi connectivity index (χ1) is 17.4. The lowest BCUT2D eigenvalue weighted by atomic mass is 10.2. The third kappa shape index (κ3) is 6.89. The third-order valence-electron chi connectivity index (χ3n) is 4.59. The Hall–Kier alpha value is -2.82. The van der Waals surface area contributed by atoms with Crippen LogP contribution < -0.4 is 10.2 Å². The molecule has 1 N–H and O–H groups in total. The molecular weight excluding hydrogens is 566 g/mol. The van der Waals surface area contributed by atoms with Crippen molar-refractivity contribution in [3.8, 4) is 11.4 Å². The van der Waals surface area contributed by atoms with Gasteiger partial charge in [0.2, 0.25) is 5.16 Å². The van der Waals surface area contributed by atoms with Gasteiger partial charge in [-0.25, -0.2) is 5.43 Å². The summed E-state index contributed by atoms with van der Waals surface area (Å²) in [5, 5.41) is 17.7. The van der Waals surface area contributed by atoms with Crippen LogP contribution in [0.25, 0.3) is 5.69 Å². The summed E-state index contributed by atoms with van der Waals surface area (Å²) in [7, 11) is 0. The Labute approximate surface area is 230 Å². The van der Waals surface area contributed by atoms with Crippen LogP contribution in [-0.2, 0) is 11.4 Å². The molecule has 0 aliphatic carbocycles. The summed E-state index contributed by atoms with van der Waals surface area (Å²) in [4.78, 5) is 12.3. The fraction of sp³-hybridized carbons (Fsp3) is 0.0870. The predicted octanol–water partition coefficient (Wildman–Crippen LogP) is 6.10. The van der Waals surface area contributed by atoms with Crippen molar-refractivity contribution in [3.05, 3.63) is 91.9 Å². The summed E-state index contributed by atoms with van der Waals surface area (Å²) in [6.07, 6.45) is 1.40. The van der Waals surface area contributed by atoms with Crippen LogP contribution in [-0.4, -0.2) is 38.1 Å². The van der Waals surface area contributed by atoms with Gasteiger partial charge in [0.1, 0.15) is 12.4 Å². The van der Waals surface area contributed by atoms with E-state index in [4.69, 9.17) is 51.1 Å². The molecule has 1 heterocycles. The van der Waals surface area contributed by atoms with E-state index in [0.29, 0.717) is 31.5 Å². The van der Waals surface area contributed by atoms with Crippen LogP contribution in [0.2, 0.25) is 20.1 Å². The molecule has 0 radical (unpaired) electrons. The highest BCUT2D eigenvalue weighted by atomic mass is 35.5. The van der Waals surface area contributed by atoms with Gasteiger partial charge in [0, 0.05) is 26.2 Å². The number of rotatable bonds is 9. The second-order valence-electron chi connectivity index (χ2n) is 7.12. The zero-order valence-electron chi connectivity index (χ0n) is 18.2. The molecule has 184 valence electrons. The number of aromatic nitrogens is 4. The van der Waals surface area contributed by atoms with Crippen molar-refractivity contribution in [1.29, 1.82) is 0 Å². The van der Waals surface area contributed by atoms with E-state index < -0.39 is 0 Å². The maximum atomic E-state index is 12.3. The minimum absolute atomic E-state index is 0.0409. The monoisotopic (exact) mass is 580 g/mol. The average Bonchev–Trinajstić information content (AvgIpc) is 3.32. The third-order valence-corrected chi connectivity index (χ3v) is 6.60. The standard InChI is InChI=1S/C23H16Cl4N6O2S/c24-16-7-6-14(19(26)9-16)12-35-22-15(8-17(25)10-20(22)27)11-28-29-21(34)13-36-23-30-31-32-33(23)18-4-2-1-3-5-18/h1-11H,12-13H2,(H,29,34)/b28-11+. The Morgan fingerprint density at radius 2 is 1.81 bits per heavy atom. The zero-order chi connectivity index (χ0) is 25.5. The number of para-hydroxylation sites is 1. The van der Waals surface area contributed by atoms with Crippen molar-refractivity contribution in [2.75, 3.05) is 5.75 Å². The summed E-state index contributed by atoms with van der Waals surface area (Å²) in [5.74, 6) is 0.0168. The van der Waals surface area contributed by atoms with Gasteiger partial charge in [-0.2, -0.15) is 9.78 Å². The number of nitrogens with one attached hydrogen (secondary N) is 1. The highest BCUT2D eigenvalue weighted by Crippen LogP contribution is 2.33. The van der Waals surface area contributed by atoms with E-state index in [9.17, 15) is 4.79 Å². The van der Waals surface area contributed by atoms with Gasteiger partial charge in [-0.1, -0.05) is 82.4 Å². The van der Waals surface area contributed by atoms with E-state index >= 15 is 0 Å². The Morgan fingerprint density at radius 3 is 2.58 bits per heavy atom. The Balaban J connectivity index is 1.38. The van der Waals surface area contributed by atoms with E-state index in [-0.39, 0.29) is 23.3 Å². The molecule has 13 heteroatoms. The van der Waals surface area contributed by atoms with Gasteiger partial charge in [0.25, 0.3) is 5.91 Å². The number of hydrogen-bond donors (Lipinski definition) is 1. The number of amides is 1. The van der Waals surface area contributed by atoms with Crippen LogP contribution in [0.4, 0.5) is 0 Å². The largest absolute Gasteiger partial charge is 0.487 e. The molecule has 1 amide bonds. The topological polar surface area (TPSA) is 94.3 Å². The molecule has 0 bridgehead atoms. The molecular formula is C23H16Cl4N6O2S. The molecule has 3 aromatic carbocycles. The van der Waals surface area contributed by atoms with E-state index in [2.05, 4.69) is 26.1 Å². The first-order valence-corrected chi connectivity index (χ1v) is 12.7. The minimum atomic E-state index is -0.359. The van der Waals surface area contributed by atoms with Gasteiger partial charge in [0.05, 0.1) is 22.7 Å². The van der Waals surface area contributed by atoms with Gasteiger partial charge in [-0.3, -0.25) is 4.79 Å². The van der Waals surface area contributed by atoms with Gasteiger partial charge >= 0.3 is 0 Å². The number of thioether (sulfide) groups is 1. The van der Waals surface area contributed by atoms with Crippen LogP contribution in [0.3, 0.4) is 0 Å². The molecule has 36 heavy (non-hydrogen) atoms. The van der Waals surface area contributed by atoms with E-state index in [0.717, 1.165) is 11.3 Å². The fourth-order valence-electron chi connectivity index (χ4n) is 2.95. The van der Waals surface area contributed by atoms with Crippen molar-refractivity contribution in [2.45, 2.75) is 11.8 Å². The number of carbonyl (C=O) groups excluding carboxylic acids is 1. The van der Waals surface area contributed by atoms with Crippen LogP contribution in [0.5, 0.6) is 5.75 Å². The highest BCUT2D eigenvalue weighted by molar-refractivity contribution is 7.99. The SMILES string of the molecule is O=C(CSc1nnnn1-c1ccccc1)N/N=C/c1cc(Cl)cc(Cl)c1OCc1ccc(Cl)cc1Cl. The van der Waals surface area contributed by atoms with Crippen LogP contribution in [0, 0.1) is 0 Å². The number of ether oxygens (including phenoxy) is 1. The lowest BCUT2D eigenvalue weighted by Gasteiger charge is -2.12. The number of carbonyl (C=O) groups is 1. The Morgan fingerprint density at radius 1 is 1.03 bits per heavy atom. The van der Waals surface area contributed by atoms with Crippen molar-refractivity contribution < 1.29 is 9.53 Å². The number of nitrogens with zero attached hydrogens (tertiary/aromatic N) is 5. The summed E-state index contributed by atoms with van der Waals surface area (Å²) in [6.45, 7) is 0.136. The van der Waals surface area contributed by atoms with E-state index in [1.807, 2.05) is 30.3 Å². The average molecular weight is 582 g/mol. The Kier molecular flexibility index (Phi) is 9.06. The zero-order valence-corrected chi connectivity index (χ0v) is 22.1. The van der Waals surface area contributed by atoms with Gasteiger partial charge < -0.3 is 4.74 Å². The van der Waals surface area contributed by atoms with Crippen LogP contribution in [0.1, 0.15) is 11.1 Å². The number of tetrazole rings is 1. The molecule has 1 aromatic heterocycles. The maximum Gasteiger partial charge on any atom is 0.250 e. The normalized spacial score (nSPS) is 11.1. The minimum Gasteiger partial charge on any atom is -0.487 e. The molecule has 0 aliphatic heterocycles. The number of hydrazone groups is 1.